The van der Waals surface area contributed by atoms with E-state index in [0.717, 1.165) is 65.9 Å². The van der Waals surface area contributed by atoms with Crippen LogP contribution in [-0.4, -0.2) is 50.9 Å². The van der Waals surface area contributed by atoms with E-state index in [-0.39, 0.29) is 6.04 Å². The van der Waals surface area contributed by atoms with Gasteiger partial charge < -0.3 is 5.32 Å². The molecule has 0 aliphatic carbocycles. The number of halogens is 1. The fourth-order valence-corrected chi connectivity index (χ4v) is 5.53. The minimum absolute atomic E-state index is 0.195. The molecule has 6 rings (SSSR count). The number of aryl methyl sites for hydroxylation is 1. The van der Waals surface area contributed by atoms with Crippen molar-refractivity contribution in [3.05, 3.63) is 130 Å². The lowest BCUT2D eigenvalue weighted by Crippen LogP contribution is -2.47. The van der Waals surface area contributed by atoms with Gasteiger partial charge in [-0.2, -0.15) is 0 Å². The number of pyridine rings is 1. The molecule has 1 N–H and O–H groups in total. The van der Waals surface area contributed by atoms with Crippen LogP contribution in [0.25, 0.3) is 10.9 Å². The van der Waals surface area contributed by atoms with Gasteiger partial charge >= 0.3 is 0 Å². The Balaban J connectivity index is 1.17. The molecule has 1 unspecified atom stereocenters. The Bertz CT molecular complexity index is 1500. The van der Waals surface area contributed by atoms with Crippen LogP contribution in [0.2, 0.25) is 5.02 Å². The average molecular weight is 549 g/mol. The largest absolute Gasteiger partial charge is 0.365 e. The van der Waals surface area contributed by atoms with E-state index in [1.165, 1.54) is 16.7 Å². The Labute approximate surface area is 240 Å². The van der Waals surface area contributed by atoms with E-state index in [2.05, 4.69) is 81.6 Å². The lowest BCUT2D eigenvalue weighted by atomic mass is 9.95. The van der Waals surface area contributed by atoms with Crippen molar-refractivity contribution in [3.8, 4) is 0 Å². The maximum absolute atomic E-state index is 6.22. The molecule has 6 nitrogen and oxygen atoms in total. The molecule has 5 aromatic rings. The van der Waals surface area contributed by atoms with Crippen LogP contribution in [0.1, 0.15) is 34.1 Å². The number of fused-ring (bicyclic) bond motifs is 1. The molecule has 1 aliphatic heterocycles. The zero-order chi connectivity index (χ0) is 27.3. The van der Waals surface area contributed by atoms with Crippen molar-refractivity contribution in [3.63, 3.8) is 0 Å². The molecular formula is C33H33ClN6. The van der Waals surface area contributed by atoms with E-state index in [1.807, 2.05) is 36.5 Å². The van der Waals surface area contributed by atoms with Gasteiger partial charge in [-0.1, -0.05) is 71.8 Å². The summed E-state index contributed by atoms with van der Waals surface area (Å²) in [4.78, 5) is 19.1. The van der Waals surface area contributed by atoms with Crippen LogP contribution in [0, 0.1) is 6.92 Å². The van der Waals surface area contributed by atoms with Gasteiger partial charge in [0.25, 0.3) is 0 Å². The van der Waals surface area contributed by atoms with Gasteiger partial charge in [0, 0.05) is 55.5 Å². The van der Waals surface area contributed by atoms with Crippen molar-refractivity contribution in [2.45, 2.75) is 26.1 Å². The summed E-state index contributed by atoms with van der Waals surface area (Å²) >= 11 is 6.22. The Hall–Kier alpha value is -3.84. The first-order chi connectivity index (χ1) is 19.6. The molecule has 40 heavy (non-hydrogen) atoms. The number of aromatic nitrogens is 3. The van der Waals surface area contributed by atoms with Gasteiger partial charge in [0.15, 0.2) is 0 Å². The third-order valence-electron chi connectivity index (χ3n) is 7.55. The highest BCUT2D eigenvalue weighted by Gasteiger charge is 2.27. The van der Waals surface area contributed by atoms with Crippen molar-refractivity contribution in [2.75, 3.05) is 31.5 Å². The molecule has 1 atom stereocenters. The molecule has 2 aromatic heterocycles. The number of piperazine rings is 1. The minimum Gasteiger partial charge on any atom is -0.365 e. The van der Waals surface area contributed by atoms with Crippen LogP contribution in [-0.2, 0) is 13.1 Å². The molecule has 0 bridgehead atoms. The fourth-order valence-electron chi connectivity index (χ4n) is 5.41. The van der Waals surface area contributed by atoms with E-state index in [9.17, 15) is 0 Å². The summed E-state index contributed by atoms with van der Waals surface area (Å²) in [6, 6.07) is 29.6. The Morgan fingerprint density at radius 1 is 0.825 bits per heavy atom. The first-order valence-corrected chi connectivity index (χ1v) is 14.2. The van der Waals surface area contributed by atoms with Crippen LogP contribution in [0.15, 0.2) is 97.3 Å². The molecule has 1 aliphatic rings. The lowest BCUT2D eigenvalue weighted by Gasteiger charge is -2.39. The molecule has 202 valence electrons. The molecular weight excluding hydrogens is 516 g/mol. The summed E-state index contributed by atoms with van der Waals surface area (Å²) in [5, 5.41) is 5.32. The maximum atomic E-state index is 6.22. The number of rotatable bonds is 8. The van der Waals surface area contributed by atoms with Gasteiger partial charge in [0.2, 0.25) is 0 Å². The van der Waals surface area contributed by atoms with Gasteiger partial charge in [-0.25, -0.2) is 9.97 Å². The molecule has 3 aromatic carbocycles. The smallest absolute Gasteiger partial charge is 0.145 e. The number of anilines is 1. The van der Waals surface area contributed by atoms with Crippen molar-refractivity contribution in [2.24, 2.45) is 0 Å². The van der Waals surface area contributed by atoms with Crippen molar-refractivity contribution >= 4 is 28.3 Å². The first-order valence-electron chi connectivity index (χ1n) is 13.8. The zero-order valence-electron chi connectivity index (χ0n) is 22.7. The average Bonchev–Trinajstić information content (AvgIpc) is 2.99. The second kappa shape index (κ2) is 12.1. The number of hydrogen-bond donors (Lipinski definition) is 1. The Morgan fingerprint density at radius 3 is 2.27 bits per heavy atom. The maximum Gasteiger partial charge on any atom is 0.145 e. The van der Waals surface area contributed by atoms with Crippen LogP contribution >= 0.6 is 11.6 Å². The number of para-hydroxylation sites is 1. The summed E-state index contributed by atoms with van der Waals surface area (Å²) < 4.78 is 0. The van der Waals surface area contributed by atoms with Gasteiger partial charge in [-0.05, 0) is 53.9 Å². The predicted molar refractivity (Wildman–Crippen MR) is 162 cm³/mol. The second-order valence-electron chi connectivity index (χ2n) is 10.4. The summed E-state index contributed by atoms with van der Waals surface area (Å²) in [6.45, 7) is 7.33. The fraction of sp³-hybridized carbons (Fsp3) is 0.242. The summed E-state index contributed by atoms with van der Waals surface area (Å²) in [6.07, 6.45) is 3.67. The highest BCUT2D eigenvalue weighted by Crippen LogP contribution is 2.31. The molecule has 0 radical (unpaired) electrons. The first kappa shape index (κ1) is 26.4. The Morgan fingerprint density at radius 2 is 1.55 bits per heavy atom. The normalized spacial score (nSPS) is 15.2. The van der Waals surface area contributed by atoms with Crippen molar-refractivity contribution < 1.29 is 0 Å². The highest BCUT2D eigenvalue weighted by atomic mass is 35.5. The quantitative estimate of drug-likeness (QED) is 0.239. The lowest BCUT2D eigenvalue weighted by molar-refractivity contribution is 0.103. The topological polar surface area (TPSA) is 57.2 Å². The summed E-state index contributed by atoms with van der Waals surface area (Å²) in [5.41, 5.74) is 5.93. The molecule has 0 spiro atoms. The van der Waals surface area contributed by atoms with E-state index in [0.29, 0.717) is 6.54 Å². The number of nitrogens with one attached hydrogen (secondary N) is 1. The van der Waals surface area contributed by atoms with Gasteiger partial charge in [-0.3, -0.25) is 14.8 Å². The van der Waals surface area contributed by atoms with Crippen molar-refractivity contribution in [1.82, 2.24) is 24.8 Å². The second-order valence-corrected chi connectivity index (χ2v) is 10.8. The molecule has 1 saturated heterocycles. The van der Waals surface area contributed by atoms with Crippen LogP contribution in [0.5, 0.6) is 0 Å². The molecule has 7 heteroatoms. The number of hydrogen-bond acceptors (Lipinski definition) is 6. The number of nitrogens with zero attached hydrogens (tertiary/aromatic N) is 5. The van der Waals surface area contributed by atoms with Gasteiger partial charge in [-0.15, -0.1) is 0 Å². The zero-order valence-corrected chi connectivity index (χ0v) is 23.4. The van der Waals surface area contributed by atoms with E-state index in [1.54, 1.807) is 6.20 Å². The van der Waals surface area contributed by atoms with E-state index < -0.39 is 0 Å². The highest BCUT2D eigenvalue weighted by molar-refractivity contribution is 6.30. The van der Waals surface area contributed by atoms with E-state index in [4.69, 9.17) is 21.6 Å². The summed E-state index contributed by atoms with van der Waals surface area (Å²) in [5.74, 6) is 1.71. The summed E-state index contributed by atoms with van der Waals surface area (Å²) in [7, 11) is 0. The third-order valence-corrected chi connectivity index (χ3v) is 7.80. The van der Waals surface area contributed by atoms with Gasteiger partial charge in [0.1, 0.15) is 11.6 Å². The van der Waals surface area contributed by atoms with Crippen LogP contribution in [0.4, 0.5) is 5.82 Å². The van der Waals surface area contributed by atoms with Crippen molar-refractivity contribution in [1.29, 1.82) is 0 Å². The molecule has 0 amide bonds. The SMILES string of the molecule is Cc1ccc(C(c2ccc(Cl)cc2)N2CCN(Cc3nc(NCc4cccnc4)c4ccccc4n3)CC2)cc1. The number of benzene rings is 3. The Kier molecular flexibility index (Phi) is 8.00. The third kappa shape index (κ3) is 6.15. The van der Waals surface area contributed by atoms with E-state index >= 15 is 0 Å². The predicted octanol–water partition coefficient (Wildman–Crippen LogP) is 6.51. The van der Waals surface area contributed by atoms with Crippen LogP contribution in [0.3, 0.4) is 0 Å². The minimum atomic E-state index is 0.195. The molecule has 0 saturated carbocycles. The monoisotopic (exact) mass is 548 g/mol. The molecule has 1 fully saturated rings. The molecule has 3 heterocycles. The van der Waals surface area contributed by atoms with Gasteiger partial charge in [0.05, 0.1) is 18.1 Å². The van der Waals surface area contributed by atoms with Crippen LogP contribution < -0.4 is 5.32 Å². The standard InChI is InChI=1S/C33H33ClN6/c1-24-8-10-26(11-9-24)32(27-12-14-28(34)15-13-27)40-19-17-39(18-20-40)23-31-37-30-7-3-2-6-29(30)33(38-31)36-22-25-5-4-16-35-21-25/h2-16,21,32H,17-20,22-23H2,1H3,(H,36,37,38).